The molecule has 2 nitrogen and oxygen atoms in total. The zero-order chi connectivity index (χ0) is 8.81. The monoisotopic (exact) mass is 164 g/mol. The van der Waals surface area contributed by atoms with Gasteiger partial charge in [0, 0.05) is 12.7 Å². The summed E-state index contributed by atoms with van der Waals surface area (Å²) < 4.78 is 0. The van der Waals surface area contributed by atoms with E-state index in [1.807, 2.05) is 14.1 Å². The van der Waals surface area contributed by atoms with Gasteiger partial charge in [0.1, 0.15) is 0 Å². The summed E-state index contributed by atoms with van der Waals surface area (Å²) in [4.78, 5) is 0. The minimum Gasteiger partial charge on any atom is -0.388 e. The molecule has 0 aliphatic rings. The van der Waals surface area contributed by atoms with Crippen molar-refractivity contribution in [2.75, 3.05) is 26.0 Å². The lowest BCUT2D eigenvalue weighted by Gasteiger charge is -2.02. The second kappa shape index (κ2) is 4.78. The zero-order valence-electron chi connectivity index (χ0n) is 7.72. The minimum atomic E-state index is 1.04. The van der Waals surface area contributed by atoms with Gasteiger partial charge in [-0.1, -0.05) is 12.1 Å². The highest BCUT2D eigenvalue weighted by Gasteiger charge is 1.91. The molecule has 0 aliphatic carbocycles. The molecule has 0 unspecified atom stereocenters. The van der Waals surface area contributed by atoms with Gasteiger partial charge < -0.3 is 10.6 Å². The summed E-state index contributed by atoms with van der Waals surface area (Å²) in [5, 5.41) is 6.22. The average molecular weight is 164 g/mol. The summed E-state index contributed by atoms with van der Waals surface area (Å²) in [6.45, 7) is 1.04. The highest BCUT2D eigenvalue weighted by molar-refractivity contribution is 5.43. The van der Waals surface area contributed by atoms with Crippen molar-refractivity contribution in [3.63, 3.8) is 0 Å². The minimum absolute atomic E-state index is 1.04. The van der Waals surface area contributed by atoms with E-state index in [2.05, 4.69) is 34.9 Å². The van der Waals surface area contributed by atoms with Crippen LogP contribution in [0.15, 0.2) is 24.3 Å². The number of anilines is 1. The maximum atomic E-state index is 3.13. The largest absolute Gasteiger partial charge is 0.388 e. The molecule has 2 heteroatoms. The highest BCUT2D eigenvalue weighted by atomic mass is 14.8. The van der Waals surface area contributed by atoms with Gasteiger partial charge in [-0.2, -0.15) is 0 Å². The molecule has 0 aliphatic heterocycles. The smallest absolute Gasteiger partial charge is 0.0337 e. The molecule has 0 fully saturated rings. The molecule has 0 heterocycles. The maximum Gasteiger partial charge on any atom is 0.0337 e. The van der Waals surface area contributed by atoms with Gasteiger partial charge in [0.2, 0.25) is 0 Å². The van der Waals surface area contributed by atoms with Crippen molar-refractivity contribution >= 4 is 5.69 Å². The van der Waals surface area contributed by atoms with E-state index in [1.54, 1.807) is 0 Å². The molecular formula is C10H16N2. The molecule has 2 N–H and O–H groups in total. The standard InChI is InChI=1S/C10H16N2/c1-11-8-7-9-3-5-10(12-2)6-4-9/h3-6,11-12H,7-8H2,1-2H3. The quantitative estimate of drug-likeness (QED) is 0.704. The number of likely N-dealkylation sites (N-methyl/N-ethyl adjacent to an activating group) is 1. The van der Waals surface area contributed by atoms with Gasteiger partial charge in [0.15, 0.2) is 0 Å². The molecule has 0 aromatic heterocycles. The number of nitrogens with one attached hydrogen (secondary N) is 2. The van der Waals surface area contributed by atoms with Crippen LogP contribution in [0.3, 0.4) is 0 Å². The summed E-state index contributed by atoms with van der Waals surface area (Å²) in [6, 6.07) is 8.52. The van der Waals surface area contributed by atoms with E-state index in [9.17, 15) is 0 Å². The number of hydrogen-bond donors (Lipinski definition) is 2. The normalized spacial score (nSPS) is 9.83. The van der Waals surface area contributed by atoms with Crippen LogP contribution in [0.4, 0.5) is 5.69 Å². The van der Waals surface area contributed by atoms with E-state index in [0.29, 0.717) is 0 Å². The Hall–Kier alpha value is -1.02. The Morgan fingerprint density at radius 2 is 1.75 bits per heavy atom. The Labute approximate surface area is 74.0 Å². The van der Waals surface area contributed by atoms with Crippen molar-refractivity contribution in [1.29, 1.82) is 0 Å². The van der Waals surface area contributed by atoms with E-state index >= 15 is 0 Å². The van der Waals surface area contributed by atoms with Gasteiger partial charge in [0.05, 0.1) is 0 Å². The summed E-state index contributed by atoms with van der Waals surface area (Å²) >= 11 is 0. The molecule has 0 radical (unpaired) electrons. The topological polar surface area (TPSA) is 24.1 Å². The lowest BCUT2D eigenvalue weighted by atomic mass is 10.1. The fourth-order valence-corrected chi connectivity index (χ4v) is 1.11. The second-order valence-corrected chi connectivity index (χ2v) is 2.80. The Bertz CT molecular complexity index is 216. The van der Waals surface area contributed by atoms with Crippen LogP contribution < -0.4 is 10.6 Å². The van der Waals surface area contributed by atoms with E-state index in [1.165, 1.54) is 11.3 Å². The summed E-state index contributed by atoms with van der Waals surface area (Å²) in [7, 11) is 3.91. The first-order valence-corrected chi connectivity index (χ1v) is 4.28. The van der Waals surface area contributed by atoms with Crippen molar-refractivity contribution in [1.82, 2.24) is 5.32 Å². The second-order valence-electron chi connectivity index (χ2n) is 2.80. The number of rotatable bonds is 4. The van der Waals surface area contributed by atoms with E-state index < -0.39 is 0 Å². The third kappa shape index (κ3) is 2.55. The van der Waals surface area contributed by atoms with Crippen LogP contribution >= 0.6 is 0 Å². The van der Waals surface area contributed by atoms with Gasteiger partial charge in [-0.25, -0.2) is 0 Å². The van der Waals surface area contributed by atoms with Crippen molar-refractivity contribution in [3.8, 4) is 0 Å². The highest BCUT2D eigenvalue weighted by Crippen LogP contribution is 2.08. The fraction of sp³-hybridized carbons (Fsp3) is 0.400. The predicted octanol–water partition coefficient (Wildman–Crippen LogP) is 1.49. The molecule has 0 atom stereocenters. The molecule has 1 aromatic rings. The van der Waals surface area contributed by atoms with Crippen molar-refractivity contribution < 1.29 is 0 Å². The molecular weight excluding hydrogens is 148 g/mol. The lowest BCUT2D eigenvalue weighted by Crippen LogP contribution is -2.10. The van der Waals surface area contributed by atoms with Crippen LogP contribution in [-0.4, -0.2) is 20.6 Å². The molecule has 0 bridgehead atoms. The first kappa shape index (κ1) is 9.07. The van der Waals surface area contributed by atoms with Gasteiger partial charge >= 0.3 is 0 Å². The first-order chi connectivity index (χ1) is 5.86. The van der Waals surface area contributed by atoms with Crippen molar-refractivity contribution in [3.05, 3.63) is 29.8 Å². The molecule has 0 saturated heterocycles. The van der Waals surface area contributed by atoms with Crippen molar-refractivity contribution in [2.45, 2.75) is 6.42 Å². The van der Waals surface area contributed by atoms with Crippen LogP contribution in [0.2, 0.25) is 0 Å². The molecule has 0 saturated carbocycles. The summed E-state index contributed by atoms with van der Waals surface area (Å²) in [6.07, 6.45) is 1.10. The van der Waals surface area contributed by atoms with Gasteiger partial charge in [-0.3, -0.25) is 0 Å². The van der Waals surface area contributed by atoms with Crippen LogP contribution in [0.25, 0.3) is 0 Å². The van der Waals surface area contributed by atoms with Gasteiger partial charge in [-0.15, -0.1) is 0 Å². The molecule has 66 valence electrons. The van der Waals surface area contributed by atoms with E-state index in [4.69, 9.17) is 0 Å². The molecule has 1 aromatic carbocycles. The third-order valence-electron chi connectivity index (χ3n) is 1.91. The molecule has 0 spiro atoms. The molecule has 0 amide bonds. The van der Waals surface area contributed by atoms with Crippen molar-refractivity contribution in [2.24, 2.45) is 0 Å². The molecule has 12 heavy (non-hydrogen) atoms. The van der Waals surface area contributed by atoms with Crippen LogP contribution in [0, 0.1) is 0 Å². The van der Waals surface area contributed by atoms with Gasteiger partial charge in [-0.05, 0) is 37.7 Å². The Kier molecular flexibility index (Phi) is 3.61. The summed E-state index contributed by atoms with van der Waals surface area (Å²) in [5.41, 5.74) is 2.55. The molecule has 1 rings (SSSR count). The third-order valence-corrected chi connectivity index (χ3v) is 1.91. The Morgan fingerprint density at radius 1 is 1.08 bits per heavy atom. The van der Waals surface area contributed by atoms with Gasteiger partial charge in [0.25, 0.3) is 0 Å². The Morgan fingerprint density at radius 3 is 2.25 bits per heavy atom. The van der Waals surface area contributed by atoms with Crippen LogP contribution in [0.5, 0.6) is 0 Å². The zero-order valence-corrected chi connectivity index (χ0v) is 7.72. The van der Waals surface area contributed by atoms with E-state index in [0.717, 1.165) is 13.0 Å². The average Bonchev–Trinajstić information content (AvgIpc) is 2.15. The number of hydrogen-bond acceptors (Lipinski definition) is 2. The van der Waals surface area contributed by atoms with Crippen LogP contribution in [0.1, 0.15) is 5.56 Å². The lowest BCUT2D eigenvalue weighted by molar-refractivity contribution is 0.792. The van der Waals surface area contributed by atoms with E-state index in [-0.39, 0.29) is 0 Å². The van der Waals surface area contributed by atoms with Crippen LogP contribution in [-0.2, 0) is 6.42 Å². The SMILES string of the molecule is CNCCc1ccc(NC)cc1. The Balaban J connectivity index is 2.53. The predicted molar refractivity (Wildman–Crippen MR) is 53.6 cm³/mol. The first-order valence-electron chi connectivity index (χ1n) is 4.28. The fourth-order valence-electron chi connectivity index (χ4n) is 1.11. The summed E-state index contributed by atoms with van der Waals surface area (Å²) in [5.74, 6) is 0. The number of benzene rings is 1. The maximum absolute atomic E-state index is 3.13.